The zero-order valence-electron chi connectivity index (χ0n) is 49.0. The molecule has 0 radical (unpaired) electrons. The monoisotopic (exact) mass is 1170 g/mol. The van der Waals surface area contributed by atoms with Crippen molar-refractivity contribution < 1.29 is 38.2 Å². The second-order valence-corrected chi connectivity index (χ2v) is 24.1. The lowest BCUT2D eigenvalue weighted by atomic mass is 9.85. The van der Waals surface area contributed by atoms with Crippen molar-refractivity contribution in [2.75, 3.05) is 76.3 Å². The fraction of sp³-hybridized carbons (Fsp3) is 0.468. The Labute approximate surface area is 494 Å². The van der Waals surface area contributed by atoms with Crippen LogP contribution < -0.4 is 26.2 Å². The number of anilines is 2. The number of piperazine rings is 1. The summed E-state index contributed by atoms with van der Waals surface area (Å²) in [6.45, 7) is 15.8. The molecular weight excluding hydrogens is 1090 g/mol. The molecule has 84 heavy (non-hydrogen) atoms. The van der Waals surface area contributed by atoms with Crippen molar-refractivity contribution in [1.82, 2.24) is 55.4 Å². The van der Waals surface area contributed by atoms with Crippen molar-refractivity contribution in [1.29, 1.82) is 0 Å². The van der Waals surface area contributed by atoms with Gasteiger partial charge in [-0.2, -0.15) is 5.10 Å². The number of thiazole rings is 1. The number of aromatic nitrogens is 5. The third kappa shape index (κ3) is 14.8. The Morgan fingerprint density at radius 3 is 2.25 bits per heavy atom. The summed E-state index contributed by atoms with van der Waals surface area (Å²) in [5.41, 5.74) is 7.53. The van der Waals surface area contributed by atoms with Gasteiger partial charge in [0.2, 0.25) is 29.6 Å². The number of halogens is 1. The molecule has 3 aromatic carbocycles. The Balaban J connectivity index is 0.729. The highest BCUT2D eigenvalue weighted by molar-refractivity contribution is 7.13. The van der Waals surface area contributed by atoms with Crippen LogP contribution in [0.3, 0.4) is 0 Å². The van der Waals surface area contributed by atoms with Gasteiger partial charge in [0.05, 0.1) is 46.6 Å². The molecule has 5 N–H and O–H groups in total. The molecule has 9 rings (SSSR count). The van der Waals surface area contributed by atoms with E-state index >= 15 is 0 Å². The number of β-amino-alcohol motifs (C(OH)–C–C–N with tert-alkyl or cyclic N) is 1. The van der Waals surface area contributed by atoms with Gasteiger partial charge in [-0.25, -0.2) is 28.8 Å². The van der Waals surface area contributed by atoms with E-state index in [9.17, 15) is 33.5 Å². The van der Waals surface area contributed by atoms with Crippen LogP contribution in [0.25, 0.3) is 27.4 Å². The van der Waals surface area contributed by atoms with Crippen LogP contribution in [0.5, 0.6) is 0 Å². The third-order valence-electron chi connectivity index (χ3n) is 16.1. The highest BCUT2D eigenvalue weighted by Gasteiger charge is 2.45. The van der Waals surface area contributed by atoms with E-state index in [2.05, 4.69) is 31.2 Å². The first kappa shape index (κ1) is 60.9. The molecule has 0 saturated carbocycles. The maximum atomic E-state index is 14.4. The van der Waals surface area contributed by atoms with Gasteiger partial charge in [0, 0.05) is 108 Å². The van der Waals surface area contributed by atoms with Crippen LogP contribution in [0.4, 0.5) is 21.0 Å². The molecule has 6 heterocycles. The predicted molar refractivity (Wildman–Crippen MR) is 321 cm³/mol. The summed E-state index contributed by atoms with van der Waals surface area (Å²) >= 11 is 1.57. The minimum atomic E-state index is -0.937. The van der Waals surface area contributed by atoms with Crippen molar-refractivity contribution >= 4 is 52.8 Å². The third-order valence-corrected chi connectivity index (χ3v) is 17.1. The van der Waals surface area contributed by atoms with Crippen molar-refractivity contribution in [3.05, 3.63) is 125 Å². The molecule has 6 aromatic rings. The minimum absolute atomic E-state index is 0.0186. The van der Waals surface area contributed by atoms with Gasteiger partial charge in [-0.15, -0.1) is 11.3 Å². The van der Waals surface area contributed by atoms with Crippen LogP contribution in [0, 0.1) is 25.1 Å². The molecule has 6 amide bonds. The Bertz CT molecular complexity index is 3240. The molecule has 3 aliphatic rings. The number of ether oxygens (including phenoxy) is 1. The zero-order chi connectivity index (χ0) is 59.7. The Hall–Kier alpha value is -7.66. The largest absolute Gasteiger partial charge is 0.391 e. The van der Waals surface area contributed by atoms with E-state index in [4.69, 9.17) is 19.8 Å². The second kappa shape index (κ2) is 27.4. The number of aryl methyl sites for hydroxylation is 1. The molecule has 0 unspecified atom stereocenters. The number of aliphatic hydroxyl groups excluding tert-OH is 1. The van der Waals surface area contributed by atoms with Crippen molar-refractivity contribution in [2.45, 2.75) is 116 Å². The van der Waals surface area contributed by atoms with E-state index in [0.29, 0.717) is 107 Å². The molecule has 0 spiro atoms. The number of unbranched alkanes of at least 4 members (excludes halogenated alkanes) is 2. The van der Waals surface area contributed by atoms with Crippen molar-refractivity contribution in [3.63, 3.8) is 0 Å². The number of aliphatic hydroxyl groups is 1. The molecule has 6 atom stereocenters. The molecule has 446 valence electrons. The topological polar surface area (TPSA) is 232 Å². The lowest BCUT2D eigenvalue weighted by Crippen LogP contribution is -2.57. The van der Waals surface area contributed by atoms with Crippen LogP contribution in [0.1, 0.15) is 101 Å². The van der Waals surface area contributed by atoms with Gasteiger partial charge in [-0.1, -0.05) is 81.8 Å². The van der Waals surface area contributed by atoms with E-state index in [-0.39, 0.29) is 60.9 Å². The fourth-order valence-corrected chi connectivity index (χ4v) is 12.2. The van der Waals surface area contributed by atoms with Gasteiger partial charge in [-0.05, 0) is 80.0 Å². The number of carbonyl (C=O) groups is 5. The van der Waals surface area contributed by atoms with Gasteiger partial charge in [0.1, 0.15) is 29.4 Å². The van der Waals surface area contributed by atoms with E-state index in [1.165, 1.54) is 17.0 Å². The first-order valence-corrected chi connectivity index (χ1v) is 29.9. The van der Waals surface area contributed by atoms with Crippen LogP contribution in [-0.4, -0.2) is 165 Å². The van der Waals surface area contributed by atoms with Gasteiger partial charge in [0.25, 0.3) is 0 Å². The molecule has 22 heteroatoms. The molecule has 3 fully saturated rings. The maximum absolute atomic E-state index is 14.4. The molecule has 3 saturated heterocycles. The van der Waals surface area contributed by atoms with E-state index in [0.717, 1.165) is 32.9 Å². The first-order valence-electron chi connectivity index (χ1n) is 29.0. The van der Waals surface area contributed by atoms with Crippen LogP contribution in [-0.2, 0) is 23.9 Å². The molecular formula is C62H78FN13O7S. The first-order chi connectivity index (χ1) is 40.3. The lowest BCUT2D eigenvalue weighted by molar-refractivity contribution is -0.144. The van der Waals surface area contributed by atoms with Crippen molar-refractivity contribution in [3.8, 4) is 27.4 Å². The average Bonchev–Trinajstić information content (AvgIpc) is 4.49. The van der Waals surface area contributed by atoms with Crippen molar-refractivity contribution in [2.24, 2.45) is 5.41 Å². The van der Waals surface area contributed by atoms with Gasteiger partial charge >= 0.3 is 6.03 Å². The number of amides is 6. The van der Waals surface area contributed by atoms with Gasteiger partial charge in [0.15, 0.2) is 0 Å². The van der Waals surface area contributed by atoms with Crippen LogP contribution >= 0.6 is 11.3 Å². The van der Waals surface area contributed by atoms with Crippen LogP contribution in [0.15, 0.2) is 96.8 Å². The lowest BCUT2D eigenvalue weighted by Gasteiger charge is -2.35. The predicted octanol–water partition coefficient (Wildman–Crippen LogP) is 7.41. The van der Waals surface area contributed by atoms with E-state index < -0.39 is 35.5 Å². The summed E-state index contributed by atoms with van der Waals surface area (Å²) in [5, 5.41) is 27.9. The molecule has 20 nitrogen and oxygen atoms in total. The summed E-state index contributed by atoms with van der Waals surface area (Å²) in [7, 11) is 1.65. The summed E-state index contributed by atoms with van der Waals surface area (Å²) in [6.07, 6.45) is 4.90. The number of nitrogens with zero attached hydrogens (tertiary/aromatic N) is 9. The molecule has 0 bridgehead atoms. The molecule has 3 aliphatic heterocycles. The molecule has 0 aliphatic carbocycles. The number of rotatable bonds is 21. The molecule has 3 aromatic heterocycles. The number of benzene rings is 3. The van der Waals surface area contributed by atoms with E-state index in [1.54, 1.807) is 41.6 Å². The summed E-state index contributed by atoms with van der Waals surface area (Å²) in [6, 6.07) is 21.1. The smallest absolute Gasteiger partial charge is 0.320 e. The van der Waals surface area contributed by atoms with Gasteiger partial charge in [-0.3, -0.25) is 29.4 Å². The number of hydrogen-bond donors (Lipinski definition) is 5. The summed E-state index contributed by atoms with van der Waals surface area (Å²) < 4.78 is 21.4. The second-order valence-electron chi connectivity index (χ2n) is 23.3. The van der Waals surface area contributed by atoms with E-state index in [1.807, 2.05) is 118 Å². The standard InChI is InChI=1S/C62H78FN13O7S/c1-39-54(71-76(47-17-10-8-11-18-47)57(39)70-61(82)68-50-37-72(29-30-83-7)36-49(50)44-15-14-16-46(63)31-44)45-33-64-60(65-34-45)74-27-25-73(26-28-74)53(79)20-13-9-12-19-52(78)69-56(62(4,5)6)59(81)75-35-48(77)32-51(75)58(80)67-40(2)42-21-23-43(24-22-42)55-41(3)66-38-84-55/h8,10-11,14-18,21-24,31,33-34,38,40,48-51,56,77H,9,12-13,19-20,25-30,32,35-37H2,1-7H3,(H,67,80)(H,69,78)(H2,68,70,82)/t40-,48+,49-,50+,51-,56+/m0/s1. The quantitative estimate of drug-likeness (QED) is 0.0443. The minimum Gasteiger partial charge on any atom is -0.391 e. The number of carbonyl (C=O) groups excluding carboxylic acids is 5. The summed E-state index contributed by atoms with van der Waals surface area (Å²) in [4.78, 5) is 91.1. The number of hydrogen-bond acceptors (Lipinski definition) is 14. The number of urea groups is 1. The zero-order valence-corrected chi connectivity index (χ0v) is 49.8. The number of likely N-dealkylation sites (tertiary alicyclic amines) is 2. The number of methoxy groups -OCH3 is 1. The Morgan fingerprint density at radius 2 is 1.57 bits per heavy atom. The average molecular weight is 1170 g/mol. The fourth-order valence-electron chi connectivity index (χ4n) is 11.4. The highest BCUT2D eigenvalue weighted by atomic mass is 32.1. The maximum Gasteiger partial charge on any atom is 0.320 e. The van der Waals surface area contributed by atoms with Gasteiger partial charge < -0.3 is 40.5 Å². The normalized spacial score (nSPS) is 19.0. The number of para-hydroxylation sites is 1. The Kier molecular flexibility index (Phi) is 19.8. The SMILES string of the molecule is COCCN1C[C@@H](NC(=O)Nc2c(C)c(-c3cnc(N4CCN(C(=O)CCCCCC(=O)N[C@H](C(=O)N5C[C@H](O)C[C@H]5C(=O)N[C@@H](C)c5ccc(-c6scnc6C)cc5)C(C)(C)C)CC4)nc3)nn2-c2ccccc2)[C@H](c2cccc(F)c2)C1. The highest BCUT2D eigenvalue weighted by Crippen LogP contribution is 2.34. The summed E-state index contributed by atoms with van der Waals surface area (Å²) in [5.74, 6) is -0.510. The Morgan fingerprint density at radius 1 is 0.845 bits per heavy atom. The van der Waals surface area contributed by atoms with Crippen LogP contribution in [0.2, 0.25) is 0 Å². The number of nitrogens with one attached hydrogen (secondary N) is 4.